The van der Waals surface area contributed by atoms with Crippen LogP contribution in [0.4, 0.5) is 0 Å². The average Bonchev–Trinajstić information content (AvgIpc) is 2.91. The van der Waals surface area contributed by atoms with E-state index in [4.69, 9.17) is 0 Å². The average molecular weight is 247 g/mol. The van der Waals surface area contributed by atoms with Crippen molar-refractivity contribution in [3.05, 3.63) is 48.7 Å². The van der Waals surface area contributed by atoms with Gasteiger partial charge in [0.05, 0.1) is 11.0 Å². The molecular weight excluding hydrogens is 238 g/mol. The first-order valence-corrected chi connectivity index (χ1v) is 5.94. The molecular formula is C14H9N5. The molecule has 5 nitrogen and oxygen atoms in total. The number of hydrogen-bond acceptors (Lipinski definition) is 4. The summed E-state index contributed by atoms with van der Waals surface area (Å²) in [7, 11) is 0. The van der Waals surface area contributed by atoms with Gasteiger partial charge in [-0.2, -0.15) is 5.10 Å². The van der Waals surface area contributed by atoms with Gasteiger partial charge in [-0.15, -0.1) is 10.2 Å². The maximum Gasteiger partial charge on any atom is 0.139 e. The minimum absolute atomic E-state index is 0.726. The first-order chi connectivity index (χ1) is 9.42. The monoisotopic (exact) mass is 247 g/mol. The maximum absolute atomic E-state index is 4.34. The van der Waals surface area contributed by atoms with Crippen molar-refractivity contribution < 1.29 is 0 Å². The van der Waals surface area contributed by atoms with Crippen molar-refractivity contribution in [3.63, 3.8) is 0 Å². The number of nitrogens with one attached hydrogen (secondary N) is 1. The second kappa shape index (κ2) is 3.84. The number of rotatable bonds is 1. The molecule has 4 rings (SSSR count). The number of aromatic amines is 1. The van der Waals surface area contributed by atoms with E-state index < -0.39 is 0 Å². The van der Waals surface area contributed by atoms with E-state index in [1.807, 2.05) is 42.5 Å². The standard InChI is InChI=1S/C14H9N5/c1-2-5-10-9(4-1)8-12(18-16-10)14-13-11(17-19-14)6-3-7-15-13/h1-8H,(H,17,19). The SMILES string of the molecule is c1ccc2nnc(-c3n[nH]c4cccnc34)cc2c1. The van der Waals surface area contributed by atoms with Crippen LogP contribution in [0.1, 0.15) is 0 Å². The predicted molar refractivity (Wildman–Crippen MR) is 72.4 cm³/mol. The molecule has 5 heteroatoms. The zero-order valence-corrected chi connectivity index (χ0v) is 9.91. The Hall–Kier alpha value is -2.82. The molecule has 1 N–H and O–H groups in total. The van der Waals surface area contributed by atoms with Gasteiger partial charge in [0.2, 0.25) is 0 Å². The summed E-state index contributed by atoms with van der Waals surface area (Å²) in [4.78, 5) is 4.34. The Morgan fingerprint density at radius 3 is 2.89 bits per heavy atom. The number of nitrogens with zero attached hydrogens (tertiary/aromatic N) is 4. The van der Waals surface area contributed by atoms with E-state index >= 15 is 0 Å². The first-order valence-electron chi connectivity index (χ1n) is 5.94. The van der Waals surface area contributed by atoms with Gasteiger partial charge in [0, 0.05) is 11.6 Å². The van der Waals surface area contributed by atoms with E-state index in [0.29, 0.717) is 0 Å². The van der Waals surface area contributed by atoms with Crippen LogP contribution in [0.3, 0.4) is 0 Å². The molecule has 1 aromatic carbocycles. The maximum atomic E-state index is 4.34. The minimum Gasteiger partial charge on any atom is -0.275 e. The highest BCUT2D eigenvalue weighted by Gasteiger charge is 2.11. The summed E-state index contributed by atoms with van der Waals surface area (Å²) in [5.41, 5.74) is 4.04. The highest BCUT2D eigenvalue weighted by Crippen LogP contribution is 2.24. The van der Waals surface area contributed by atoms with E-state index in [1.165, 1.54) is 0 Å². The summed E-state index contributed by atoms with van der Waals surface area (Å²) in [6.07, 6.45) is 1.75. The molecule has 0 radical (unpaired) electrons. The molecule has 3 aromatic heterocycles. The van der Waals surface area contributed by atoms with Crippen molar-refractivity contribution in [1.29, 1.82) is 0 Å². The number of aromatic nitrogens is 5. The molecule has 19 heavy (non-hydrogen) atoms. The molecule has 4 aromatic rings. The fourth-order valence-electron chi connectivity index (χ4n) is 2.13. The number of pyridine rings is 1. The number of hydrogen-bond donors (Lipinski definition) is 1. The van der Waals surface area contributed by atoms with Crippen molar-refractivity contribution in [2.75, 3.05) is 0 Å². The highest BCUT2D eigenvalue weighted by atomic mass is 15.2. The van der Waals surface area contributed by atoms with Gasteiger partial charge < -0.3 is 0 Å². The lowest BCUT2D eigenvalue weighted by Gasteiger charge is -1.98. The van der Waals surface area contributed by atoms with E-state index in [9.17, 15) is 0 Å². The molecule has 0 spiro atoms. The Morgan fingerprint density at radius 1 is 0.947 bits per heavy atom. The van der Waals surface area contributed by atoms with E-state index in [2.05, 4.69) is 25.4 Å². The Labute approximate surface area is 108 Å². The summed E-state index contributed by atoms with van der Waals surface area (Å²) >= 11 is 0. The smallest absolute Gasteiger partial charge is 0.139 e. The van der Waals surface area contributed by atoms with Crippen LogP contribution in [0.15, 0.2) is 48.7 Å². The lowest BCUT2D eigenvalue weighted by atomic mass is 10.2. The third kappa shape index (κ3) is 1.55. The molecule has 0 fully saturated rings. The molecule has 0 unspecified atom stereocenters. The summed E-state index contributed by atoms with van der Waals surface area (Å²) < 4.78 is 0. The van der Waals surface area contributed by atoms with Crippen LogP contribution in [0, 0.1) is 0 Å². The van der Waals surface area contributed by atoms with Crippen molar-refractivity contribution >= 4 is 21.9 Å². The lowest BCUT2D eigenvalue weighted by Crippen LogP contribution is -1.90. The predicted octanol–water partition coefficient (Wildman–Crippen LogP) is 2.57. The summed E-state index contributed by atoms with van der Waals surface area (Å²) in [6, 6.07) is 13.7. The molecule has 0 atom stereocenters. The van der Waals surface area contributed by atoms with Gasteiger partial charge in [0.15, 0.2) is 0 Å². The third-order valence-electron chi connectivity index (χ3n) is 3.06. The molecule has 0 saturated heterocycles. The highest BCUT2D eigenvalue weighted by molar-refractivity contribution is 5.90. The summed E-state index contributed by atoms with van der Waals surface area (Å²) in [5, 5.41) is 16.7. The number of fused-ring (bicyclic) bond motifs is 2. The van der Waals surface area contributed by atoms with Crippen molar-refractivity contribution in [1.82, 2.24) is 25.4 Å². The van der Waals surface area contributed by atoms with E-state index in [0.717, 1.165) is 33.3 Å². The molecule has 3 heterocycles. The quantitative estimate of drug-likeness (QED) is 0.561. The molecule has 0 saturated carbocycles. The molecule has 0 aliphatic rings. The first kappa shape index (κ1) is 10.1. The Morgan fingerprint density at radius 2 is 1.89 bits per heavy atom. The van der Waals surface area contributed by atoms with Gasteiger partial charge in [-0.3, -0.25) is 10.1 Å². The molecule has 0 aliphatic carbocycles. The van der Waals surface area contributed by atoms with Gasteiger partial charge in [-0.1, -0.05) is 18.2 Å². The largest absolute Gasteiger partial charge is 0.275 e. The minimum atomic E-state index is 0.726. The molecule has 0 bridgehead atoms. The van der Waals surface area contributed by atoms with Gasteiger partial charge in [0.1, 0.15) is 16.9 Å². The van der Waals surface area contributed by atoms with Crippen LogP contribution in [0.25, 0.3) is 33.3 Å². The second-order valence-corrected chi connectivity index (χ2v) is 4.26. The van der Waals surface area contributed by atoms with Crippen LogP contribution in [0.5, 0.6) is 0 Å². The van der Waals surface area contributed by atoms with Crippen LogP contribution in [-0.4, -0.2) is 25.4 Å². The van der Waals surface area contributed by atoms with Gasteiger partial charge in [0.25, 0.3) is 0 Å². The van der Waals surface area contributed by atoms with Gasteiger partial charge in [-0.25, -0.2) is 0 Å². The van der Waals surface area contributed by atoms with Crippen LogP contribution < -0.4 is 0 Å². The fraction of sp³-hybridized carbons (Fsp3) is 0. The van der Waals surface area contributed by atoms with Crippen LogP contribution in [-0.2, 0) is 0 Å². The Kier molecular flexibility index (Phi) is 2.05. The molecule has 0 amide bonds. The third-order valence-corrected chi connectivity index (χ3v) is 3.06. The van der Waals surface area contributed by atoms with Crippen LogP contribution >= 0.6 is 0 Å². The number of H-pyrrole nitrogens is 1. The number of benzene rings is 1. The van der Waals surface area contributed by atoms with Crippen LogP contribution in [0.2, 0.25) is 0 Å². The normalized spacial score (nSPS) is 11.2. The Balaban J connectivity index is 1.99. The Bertz CT molecular complexity index is 881. The van der Waals surface area contributed by atoms with E-state index in [1.54, 1.807) is 6.20 Å². The van der Waals surface area contributed by atoms with Crippen molar-refractivity contribution in [2.45, 2.75) is 0 Å². The zero-order chi connectivity index (χ0) is 12.7. The second-order valence-electron chi connectivity index (χ2n) is 4.26. The molecule has 90 valence electrons. The fourth-order valence-corrected chi connectivity index (χ4v) is 2.13. The summed E-state index contributed by atoms with van der Waals surface area (Å²) in [6.45, 7) is 0. The summed E-state index contributed by atoms with van der Waals surface area (Å²) in [5.74, 6) is 0. The van der Waals surface area contributed by atoms with Crippen molar-refractivity contribution in [2.24, 2.45) is 0 Å². The zero-order valence-electron chi connectivity index (χ0n) is 9.91. The van der Waals surface area contributed by atoms with Gasteiger partial charge in [-0.05, 0) is 24.3 Å². The van der Waals surface area contributed by atoms with Gasteiger partial charge >= 0.3 is 0 Å². The lowest BCUT2D eigenvalue weighted by molar-refractivity contribution is 1.05. The molecule has 0 aliphatic heterocycles. The topological polar surface area (TPSA) is 67.3 Å². The van der Waals surface area contributed by atoms with E-state index in [-0.39, 0.29) is 0 Å². The van der Waals surface area contributed by atoms with Crippen molar-refractivity contribution in [3.8, 4) is 11.4 Å².